The number of nitrogens with zero attached hydrogens (tertiary/aromatic N) is 3. The number of sulfone groups is 2. The number of fused-ring (bicyclic) bond motifs is 4. The van der Waals surface area contributed by atoms with Crippen LogP contribution in [0.2, 0.25) is 0 Å². The average Bonchev–Trinajstić information content (AvgIpc) is 3.10. The predicted octanol–water partition coefficient (Wildman–Crippen LogP) is 4.37. The lowest BCUT2D eigenvalue weighted by Gasteiger charge is -2.47. The molecule has 2 aromatic carbocycles. The zero-order valence-electron chi connectivity index (χ0n) is 20.8. The van der Waals surface area contributed by atoms with Gasteiger partial charge in [-0.15, -0.1) is 0 Å². The number of hydrogen-bond acceptors (Lipinski definition) is 8. The van der Waals surface area contributed by atoms with Gasteiger partial charge in [-0.05, 0) is 49.1 Å². The summed E-state index contributed by atoms with van der Waals surface area (Å²) < 4.78 is 59.6. The van der Waals surface area contributed by atoms with Crippen LogP contribution in [0.5, 0.6) is 5.75 Å². The highest BCUT2D eigenvalue weighted by atomic mass is 32.3. The van der Waals surface area contributed by atoms with E-state index in [1.165, 1.54) is 12.6 Å². The molecule has 0 bridgehead atoms. The summed E-state index contributed by atoms with van der Waals surface area (Å²) in [4.78, 5) is 11.0. The van der Waals surface area contributed by atoms with Gasteiger partial charge < -0.3 is 9.64 Å². The molecule has 0 N–H and O–H groups in total. The molecule has 10 heteroatoms. The van der Waals surface area contributed by atoms with Crippen molar-refractivity contribution in [1.29, 1.82) is 0 Å². The second kappa shape index (κ2) is 8.26. The van der Waals surface area contributed by atoms with Gasteiger partial charge in [0.2, 0.25) is 0 Å². The molecule has 0 saturated heterocycles. The molecule has 2 aliphatic heterocycles. The van der Waals surface area contributed by atoms with Crippen LogP contribution in [-0.2, 0) is 23.8 Å². The molecule has 1 spiro atoms. The summed E-state index contributed by atoms with van der Waals surface area (Å²) in [6.07, 6.45) is 10.4. The maximum atomic E-state index is 13.8. The number of hydrogen-bond donors (Lipinski definition) is 0. The minimum atomic E-state index is -4.32. The van der Waals surface area contributed by atoms with Crippen molar-refractivity contribution in [3.05, 3.63) is 60.3 Å². The minimum absolute atomic E-state index is 0.202. The summed E-state index contributed by atoms with van der Waals surface area (Å²) >= 11 is 0. The maximum Gasteiger partial charge on any atom is 0.262 e. The van der Waals surface area contributed by atoms with E-state index in [0.29, 0.717) is 29.2 Å². The topological polar surface area (TPSA) is 106 Å². The fraction of sp³-hybridized carbons (Fsp3) is 0.407. The zero-order chi connectivity index (χ0) is 26.1. The van der Waals surface area contributed by atoms with E-state index in [1.54, 1.807) is 48.7 Å². The zero-order valence-corrected chi connectivity index (χ0v) is 22.4. The molecular weight excluding hydrogens is 510 g/mol. The van der Waals surface area contributed by atoms with Gasteiger partial charge in [-0.1, -0.05) is 37.5 Å². The first-order valence-corrected chi connectivity index (χ1v) is 16.3. The Morgan fingerprint density at radius 3 is 2.41 bits per heavy atom. The normalized spacial score (nSPS) is 23.1. The lowest BCUT2D eigenvalue weighted by molar-refractivity contribution is 0.121. The quantitative estimate of drug-likeness (QED) is 0.485. The van der Waals surface area contributed by atoms with Crippen molar-refractivity contribution in [3.63, 3.8) is 0 Å². The average molecular weight is 540 g/mol. The second-order valence-corrected chi connectivity index (χ2v) is 14.9. The number of para-hydroxylation sites is 1. The van der Waals surface area contributed by atoms with Crippen molar-refractivity contribution < 1.29 is 21.6 Å². The van der Waals surface area contributed by atoms with Gasteiger partial charge in [-0.25, -0.2) is 16.8 Å². The number of ether oxygens (including phenoxy) is 1. The standard InChI is InChI=1S/C27H29N3O5S2/c1-36(31,32)27(37(2,33)34)21-12-6-7-13-23(21)30(17-19-9-4-3-5-10-19)26(27)18-29-25-20-11-8-16-28-22(20)14-15-24(25)35-26/h6-8,11-16,18-19H,3-5,9-10,17H2,1-2H3. The van der Waals surface area contributed by atoms with Crippen molar-refractivity contribution in [1.82, 2.24) is 4.98 Å². The summed E-state index contributed by atoms with van der Waals surface area (Å²) in [5, 5.41) is 0.741. The fourth-order valence-electron chi connectivity index (χ4n) is 6.56. The Kier molecular flexibility index (Phi) is 5.44. The van der Waals surface area contributed by atoms with Crippen LogP contribution in [0.1, 0.15) is 37.7 Å². The Balaban J connectivity index is 1.66. The van der Waals surface area contributed by atoms with Crippen LogP contribution in [0.4, 0.5) is 11.4 Å². The number of pyridine rings is 1. The number of benzene rings is 2. The van der Waals surface area contributed by atoms with Crippen LogP contribution in [0.15, 0.2) is 59.7 Å². The van der Waals surface area contributed by atoms with E-state index in [1.807, 2.05) is 11.0 Å². The Morgan fingerprint density at radius 2 is 1.68 bits per heavy atom. The molecule has 3 heterocycles. The Morgan fingerprint density at radius 1 is 0.946 bits per heavy atom. The Bertz CT molecular complexity index is 1610. The van der Waals surface area contributed by atoms with Gasteiger partial charge in [0.05, 0.1) is 11.7 Å². The predicted molar refractivity (Wildman–Crippen MR) is 145 cm³/mol. The largest absolute Gasteiger partial charge is 0.457 e. The number of aliphatic imine (C=N–C) groups is 1. The lowest BCUT2D eigenvalue weighted by Crippen LogP contribution is -2.69. The molecule has 0 amide bonds. The summed E-state index contributed by atoms with van der Waals surface area (Å²) in [7, 11) is -8.64. The van der Waals surface area contributed by atoms with Crippen molar-refractivity contribution in [2.45, 2.75) is 41.9 Å². The summed E-state index contributed by atoms with van der Waals surface area (Å²) in [5.41, 5.74) is 0.0393. The van der Waals surface area contributed by atoms with Gasteiger partial charge in [-0.2, -0.15) is 0 Å². The number of aromatic nitrogens is 1. The van der Waals surface area contributed by atoms with Gasteiger partial charge >= 0.3 is 0 Å². The molecule has 194 valence electrons. The van der Waals surface area contributed by atoms with Crippen LogP contribution < -0.4 is 9.64 Å². The summed E-state index contributed by atoms with van der Waals surface area (Å²) in [6.45, 7) is 0.459. The van der Waals surface area contributed by atoms with Gasteiger partial charge in [-0.3, -0.25) is 9.98 Å². The SMILES string of the molecule is CS(=O)(=O)C1(S(C)(=O)=O)c2ccccc2N(CC2CCCCC2)C12C=Nc1c(ccc3ncccc13)O2. The number of anilines is 1. The lowest BCUT2D eigenvalue weighted by atomic mass is 9.88. The third kappa shape index (κ3) is 3.31. The fourth-order valence-corrected chi connectivity index (χ4v) is 11.4. The molecule has 3 aromatic rings. The molecular formula is C27H29N3O5S2. The molecule has 1 unspecified atom stereocenters. The monoisotopic (exact) mass is 539 g/mol. The van der Waals surface area contributed by atoms with E-state index < -0.39 is 29.5 Å². The maximum absolute atomic E-state index is 13.8. The molecule has 1 fully saturated rings. The van der Waals surface area contributed by atoms with E-state index in [9.17, 15) is 16.8 Å². The van der Waals surface area contributed by atoms with Crippen molar-refractivity contribution in [2.75, 3.05) is 24.0 Å². The molecule has 3 aliphatic rings. The highest BCUT2D eigenvalue weighted by Crippen LogP contribution is 2.59. The van der Waals surface area contributed by atoms with E-state index in [-0.39, 0.29) is 11.5 Å². The van der Waals surface area contributed by atoms with Crippen LogP contribution in [0.25, 0.3) is 10.9 Å². The first-order valence-electron chi connectivity index (χ1n) is 12.5. The molecule has 37 heavy (non-hydrogen) atoms. The van der Waals surface area contributed by atoms with Gasteiger partial charge in [0, 0.05) is 41.9 Å². The summed E-state index contributed by atoms with van der Waals surface area (Å²) in [6, 6.07) is 14.0. The van der Waals surface area contributed by atoms with Crippen LogP contribution in [0.3, 0.4) is 0 Å². The molecule has 1 saturated carbocycles. The molecule has 1 atom stereocenters. The van der Waals surface area contributed by atoms with E-state index >= 15 is 0 Å². The van der Waals surface area contributed by atoms with E-state index in [0.717, 1.165) is 43.6 Å². The van der Waals surface area contributed by atoms with E-state index in [2.05, 4.69) is 4.98 Å². The number of rotatable bonds is 4. The van der Waals surface area contributed by atoms with Gasteiger partial charge in [0.25, 0.3) is 9.80 Å². The highest BCUT2D eigenvalue weighted by Gasteiger charge is 2.76. The molecule has 8 nitrogen and oxygen atoms in total. The first-order chi connectivity index (χ1) is 17.6. The molecule has 6 rings (SSSR count). The molecule has 1 aliphatic carbocycles. The van der Waals surface area contributed by atoms with Crippen LogP contribution in [-0.4, -0.2) is 52.8 Å². The second-order valence-electron chi connectivity index (χ2n) is 10.3. The smallest absolute Gasteiger partial charge is 0.262 e. The first kappa shape index (κ1) is 24.4. The van der Waals surface area contributed by atoms with Gasteiger partial charge in [0.1, 0.15) is 11.4 Å². The Hall–Kier alpha value is -2.98. The summed E-state index contributed by atoms with van der Waals surface area (Å²) in [5.74, 6) is 0.592. The third-order valence-corrected chi connectivity index (χ3v) is 12.9. The molecule has 0 radical (unpaired) electrons. The third-order valence-electron chi connectivity index (χ3n) is 7.99. The van der Waals surface area contributed by atoms with E-state index in [4.69, 9.17) is 9.73 Å². The van der Waals surface area contributed by atoms with Crippen molar-refractivity contribution in [3.8, 4) is 5.75 Å². The minimum Gasteiger partial charge on any atom is -0.457 e. The van der Waals surface area contributed by atoms with Gasteiger partial charge in [0.15, 0.2) is 19.7 Å². The van der Waals surface area contributed by atoms with Crippen LogP contribution >= 0.6 is 0 Å². The van der Waals surface area contributed by atoms with Crippen LogP contribution in [0, 0.1) is 5.92 Å². The highest BCUT2D eigenvalue weighted by molar-refractivity contribution is 8.09. The van der Waals surface area contributed by atoms with Crippen molar-refractivity contribution in [2.24, 2.45) is 10.9 Å². The molecule has 1 aromatic heterocycles. The Labute approximate surface area is 217 Å². The van der Waals surface area contributed by atoms with Crippen molar-refractivity contribution >= 4 is 48.2 Å².